The lowest BCUT2D eigenvalue weighted by Crippen LogP contribution is -2.48. The van der Waals surface area contributed by atoms with E-state index in [0.29, 0.717) is 16.9 Å². The van der Waals surface area contributed by atoms with Gasteiger partial charge in [-0.3, -0.25) is 14.5 Å². The van der Waals surface area contributed by atoms with Crippen LogP contribution in [0.15, 0.2) is 28.3 Å². The minimum atomic E-state index is -1.60. The van der Waals surface area contributed by atoms with Crippen LogP contribution in [0.5, 0.6) is 0 Å². The molecular formula is C21H27N5O5S. The molecule has 3 heterocycles. The molecule has 3 rings (SSSR count). The van der Waals surface area contributed by atoms with E-state index in [2.05, 4.69) is 15.3 Å². The van der Waals surface area contributed by atoms with E-state index in [9.17, 15) is 18.9 Å². The molecule has 0 spiro atoms. The van der Waals surface area contributed by atoms with Crippen molar-refractivity contribution in [3.05, 3.63) is 45.6 Å². The monoisotopic (exact) mass is 461 g/mol. The standard InChI is InChI=1S/C21H27N5O5S/c1-12-9-14-16(11-25(12)20(29)31-21(2,3)4)24-19(32(6)30)26(18(14)28)13-7-8-15(23-10-13)17(27)22-5/h7-8,10,12H,9,11H2,1-6H3,(H,22,27)/t12-,32?/m1/s1. The minimum absolute atomic E-state index is 0.0435. The zero-order chi connectivity index (χ0) is 23.8. The summed E-state index contributed by atoms with van der Waals surface area (Å²) in [7, 11) is 1.50. The lowest BCUT2D eigenvalue weighted by Gasteiger charge is -2.35. The van der Waals surface area contributed by atoms with Crippen molar-refractivity contribution in [1.29, 1.82) is 0 Å². The molecule has 11 heteroatoms. The molecule has 0 bridgehead atoms. The van der Waals surface area contributed by atoms with E-state index in [1.54, 1.807) is 26.8 Å². The van der Waals surface area contributed by atoms with Gasteiger partial charge in [0.25, 0.3) is 11.5 Å². The highest BCUT2D eigenvalue weighted by molar-refractivity contribution is 7.90. The summed E-state index contributed by atoms with van der Waals surface area (Å²) in [4.78, 5) is 47.9. The van der Waals surface area contributed by atoms with Crippen LogP contribution < -0.4 is 10.9 Å². The molecule has 172 valence electrons. The summed E-state index contributed by atoms with van der Waals surface area (Å²) in [6.45, 7) is 7.27. The fraction of sp³-hybridized carbons (Fsp3) is 0.476. The molecule has 1 N–H and O–H groups in total. The number of fused-ring (bicyclic) bond motifs is 1. The fourth-order valence-corrected chi connectivity index (χ4v) is 4.09. The first-order valence-corrected chi connectivity index (χ1v) is 11.6. The van der Waals surface area contributed by atoms with Crippen molar-refractivity contribution < 1.29 is 18.9 Å². The Morgan fingerprint density at radius 3 is 2.53 bits per heavy atom. The van der Waals surface area contributed by atoms with Gasteiger partial charge >= 0.3 is 11.2 Å². The van der Waals surface area contributed by atoms with E-state index < -0.39 is 22.9 Å². The molecule has 2 aromatic rings. The Bertz CT molecular complexity index is 1090. The summed E-state index contributed by atoms with van der Waals surface area (Å²) in [6, 6.07) is 2.75. The third kappa shape index (κ3) is 4.78. The van der Waals surface area contributed by atoms with E-state index in [0.717, 1.165) is 0 Å². The normalized spacial score (nSPS) is 16.8. The Labute approximate surface area is 189 Å². The van der Waals surface area contributed by atoms with Gasteiger partial charge in [0.1, 0.15) is 17.6 Å². The van der Waals surface area contributed by atoms with Crippen LogP contribution in [0, 0.1) is 0 Å². The second-order valence-electron chi connectivity index (χ2n) is 8.56. The average molecular weight is 462 g/mol. The Hall–Kier alpha value is -2.92. The summed E-state index contributed by atoms with van der Waals surface area (Å²) in [5, 5.41) is 2.52. The van der Waals surface area contributed by atoms with Gasteiger partial charge in [0.2, 0.25) is 0 Å². The molecule has 0 aliphatic carbocycles. The number of ether oxygens (including phenoxy) is 1. The van der Waals surface area contributed by atoms with Gasteiger partial charge in [-0.15, -0.1) is 0 Å². The number of amides is 2. The molecule has 1 aliphatic rings. The van der Waals surface area contributed by atoms with Crippen LogP contribution in [0.4, 0.5) is 4.79 Å². The zero-order valence-corrected chi connectivity index (χ0v) is 19.8. The largest absolute Gasteiger partial charge is 0.609 e. The second-order valence-corrected chi connectivity index (χ2v) is 9.83. The number of carbonyl (C=O) groups excluding carboxylic acids is 2. The molecule has 10 nitrogen and oxygen atoms in total. The van der Waals surface area contributed by atoms with Crippen LogP contribution in [0.1, 0.15) is 49.4 Å². The third-order valence-electron chi connectivity index (χ3n) is 4.93. The van der Waals surface area contributed by atoms with E-state index in [1.165, 1.54) is 35.0 Å². The first kappa shape index (κ1) is 23.7. The van der Waals surface area contributed by atoms with Gasteiger partial charge < -0.3 is 14.6 Å². The van der Waals surface area contributed by atoms with E-state index in [1.807, 2.05) is 6.92 Å². The molecule has 2 aromatic heterocycles. The lowest BCUT2D eigenvalue weighted by atomic mass is 10.0. The number of pyridine rings is 1. The molecule has 1 unspecified atom stereocenters. The fourth-order valence-electron chi connectivity index (χ4n) is 3.40. The van der Waals surface area contributed by atoms with Gasteiger partial charge in [0.15, 0.2) is 0 Å². The summed E-state index contributed by atoms with van der Waals surface area (Å²) in [6.07, 6.45) is 2.58. The SMILES string of the molecule is CNC(=O)c1ccc(-n2c([S+](C)[O-])nc3c(c2=O)C[C@@H](C)N(C(=O)OC(C)(C)C)C3)cn1. The van der Waals surface area contributed by atoms with Gasteiger partial charge in [-0.05, 0) is 39.8 Å². The van der Waals surface area contributed by atoms with Crippen molar-refractivity contribution in [2.24, 2.45) is 0 Å². The molecule has 0 aromatic carbocycles. The third-order valence-corrected chi connectivity index (χ3v) is 5.72. The molecule has 0 saturated carbocycles. The maximum absolute atomic E-state index is 13.4. The van der Waals surface area contributed by atoms with Crippen LogP contribution in [-0.4, -0.2) is 60.9 Å². The molecule has 1 aliphatic heterocycles. The summed E-state index contributed by atoms with van der Waals surface area (Å²) >= 11 is -1.60. The van der Waals surface area contributed by atoms with Crippen LogP contribution in [0.25, 0.3) is 5.69 Å². The lowest BCUT2D eigenvalue weighted by molar-refractivity contribution is 0.0132. The quantitative estimate of drug-likeness (QED) is 0.540. The van der Waals surface area contributed by atoms with Crippen LogP contribution in [0.3, 0.4) is 0 Å². The molecule has 0 saturated heterocycles. The number of nitrogens with one attached hydrogen (secondary N) is 1. The van der Waals surface area contributed by atoms with E-state index >= 15 is 0 Å². The van der Waals surface area contributed by atoms with Crippen molar-refractivity contribution in [2.45, 2.75) is 57.5 Å². The number of carbonyl (C=O) groups is 2. The summed E-state index contributed by atoms with van der Waals surface area (Å²) < 4.78 is 19.2. The van der Waals surface area contributed by atoms with Crippen molar-refractivity contribution in [1.82, 2.24) is 24.8 Å². The average Bonchev–Trinajstić information content (AvgIpc) is 2.72. The topological polar surface area (TPSA) is 129 Å². The van der Waals surface area contributed by atoms with Crippen molar-refractivity contribution in [3.63, 3.8) is 0 Å². The van der Waals surface area contributed by atoms with E-state index in [-0.39, 0.29) is 41.3 Å². The highest BCUT2D eigenvalue weighted by Gasteiger charge is 2.35. The molecule has 32 heavy (non-hydrogen) atoms. The highest BCUT2D eigenvalue weighted by Crippen LogP contribution is 2.24. The Morgan fingerprint density at radius 1 is 1.31 bits per heavy atom. The Morgan fingerprint density at radius 2 is 2.00 bits per heavy atom. The van der Waals surface area contributed by atoms with Gasteiger partial charge in [0.05, 0.1) is 24.1 Å². The minimum Gasteiger partial charge on any atom is -0.609 e. The van der Waals surface area contributed by atoms with Crippen LogP contribution in [-0.2, 0) is 28.9 Å². The first-order valence-electron chi connectivity index (χ1n) is 10.1. The van der Waals surface area contributed by atoms with Crippen molar-refractivity contribution >= 4 is 23.2 Å². The van der Waals surface area contributed by atoms with Crippen molar-refractivity contribution in [2.75, 3.05) is 13.3 Å². The number of nitrogens with zero attached hydrogens (tertiary/aromatic N) is 4. The van der Waals surface area contributed by atoms with Crippen LogP contribution in [0.2, 0.25) is 0 Å². The maximum atomic E-state index is 13.4. The smallest absolute Gasteiger partial charge is 0.410 e. The molecule has 2 atom stereocenters. The van der Waals surface area contributed by atoms with Crippen molar-refractivity contribution in [3.8, 4) is 5.69 Å². The predicted octanol–water partition coefficient (Wildman–Crippen LogP) is 1.41. The molecule has 2 amide bonds. The second kappa shape index (κ2) is 8.91. The van der Waals surface area contributed by atoms with Gasteiger partial charge in [0, 0.05) is 36.2 Å². The summed E-state index contributed by atoms with van der Waals surface area (Å²) in [5.41, 5.74) is 0.363. The maximum Gasteiger partial charge on any atom is 0.410 e. The Kier molecular flexibility index (Phi) is 6.61. The molecular weight excluding hydrogens is 434 g/mol. The number of hydrogen-bond acceptors (Lipinski definition) is 7. The van der Waals surface area contributed by atoms with Crippen LogP contribution >= 0.6 is 0 Å². The first-order chi connectivity index (χ1) is 14.9. The molecule has 0 fully saturated rings. The summed E-state index contributed by atoms with van der Waals surface area (Å²) in [5.74, 6) is -0.359. The van der Waals surface area contributed by atoms with E-state index in [4.69, 9.17) is 4.74 Å². The molecule has 0 radical (unpaired) electrons. The van der Waals surface area contributed by atoms with Gasteiger partial charge in [-0.25, -0.2) is 14.3 Å². The van der Waals surface area contributed by atoms with Gasteiger partial charge in [-0.2, -0.15) is 4.98 Å². The predicted molar refractivity (Wildman–Crippen MR) is 118 cm³/mol. The van der Waals surface area contributed by atoms with Gasteiger partial charge in [-0.1, -0.05) is 0 Å². The number of aromatic nitrogens is 3. The number of hydrogen-bond donors (Lipinski definition) is 1. The number of rotatable bonds is 3. The highest BCUT2D eigenvalue weighted by atomic mass is 32.2. The Balaban J connectivity index is 2.05. The zero-order valence-electron chi connectivity index (χ0n) is 19.0.